The first-order valence-electron chi connectivity index (χ1n) is 16.7. The molecule has 5 nitrogen and oxygen atoms in total. The van der Waals surface area contributed by atoms with Crippen molar-refractivity contribution < 1.29 is 0 Å². The van der Waals surface area contributed by atoms with Gasteiger partial charge in [-0.2, -0.15) is 0 Å². The van der Waals surface area contributed by atoms with Crippen LogP contribution in [-0.2, 0) is 0 Å². The van der Waals surface area contributed by atoms with Crippen molar-refractivity contribution in [3.05, 3.63) is 180 Å². The summed E-state index contributed by atoms with van der Waals surface area (Å²) in [5.41, 5.74) is 8.80. The molecule has 2 aromatic heterocycles. The summed E-state index contributed by atoms with van der Waals surface area (Å²) >= 11 is 0.0997. The van der Waals surface area contributed by atoms with Gasteiger partial charge in [0.2, 0.25) is 0 Å². The number of para-hydroxylation sites is 2. The molecule has 0 fully saturated rings. The summed E-state index contributed by atoms with van der Waals surface area (Å²) in [5, 5.41) is 8.50. The van der Waals surface area contributed by atoms with Gasteiger partial charge in [0, 0.05) is 0 Å². The first-order valence-corrected chi connectivity index (χ1v) is 18.4. The van der Waals surface area contributed by atoms with Crippen LogP contribution >= 0.6 is 0 Å². The van der Waals surface area contributed by atoms with Crippen LogP contribution in [0.1, 0.15) is 22.9 Å². The zero-order valence-corrected chi connectivity index (χ0v) is 28.6. The topological polar surface area (TPSA) is 54.6 Å². The Hall–Kier alpha value is -6.07. The Bertz CT molecular complexity index is 2780. The van der Waals surface area contributed by atoms with E-state index in [1.54, 1.807) is 0 Å². The number of aliphatic imine (C=N–C) groups is 2. The molecule has 0 radical (unpaired) electrons. The number of nitrogens with zero attached hydrogens (tertiary/aromatic N) is 4. The summed E-state index contributed by atoms with van der Waals surface area (Å²) in [4.78, 5) is 15.6. The maximum absolute atomic E-state index is 5.31. The van der Waals surface area contributed by atoms with Gasteiger partial charge in [-0.1, -0.05) is 36.4 Å². The second kappa shape index (κ2) is 11.8. The van der Waals surface area contributed by atoms with Crippen LogP contribution in [0.15, 0.2) is 174 Å². The van der Waals surface area contributed by atoms with Gasteiger partial charge >= 0.3 is 241 Å². The summed E-state index contributed by atoms with van der Waals surface area (Å²) in [7, 11) is 0. The predicted molar refractivity (Wildman–Crippen MR) is 208 cm³/mol. The van der Waals surface area contributed by atoms with E-state index in [9.17, 15) is 0 Å². The summed E-state index contributed by atoms with van der Waals surface area (Å²) in [5.74, 6) is 1.61. The van der Waals surface area contributed by atoms with Crippen LogP contribution in [0.2, 0.25) is 0 Å². The van der Waals surface area contributed by atoms with Gasteiger partial charge in [0.05, 0.1) is 0 Å². The molecular formula is C44H29N5Se. The summed E-state index contributed by atoms with van der Waals surface area (Å²) in [6.45, 7) is 0. The molecule has 1 unspecified atom stereocenters. The molecule has 9 aromatic rings. The maximum atomic E-state index is 5.31. The number of rotatable bonds is 5. The summed E-state index contributed by atoms with van der Waals surface area (Å²) < 4.78 is 4.83. The van der Waals surface area contributed by atoms with Crippen molar-refractivity contribution in [2.45, 2.75) is 6.17 Å². The quantitative estimate of drug-likeness (QED) is 0.181. The van der Waals surface area contributed by atoms with Crippen molar-refractivity contribution in [2.24, 2.45) is 9.98 Å². The van der Waals surface area contributed by atoms with Gasteiger partial charge in [-0.15, -0.1) is 0 Å². The second-order valence-corrected chi connectivity index (χ2v) is 14.6. The third-order valence-electron chi connectivity index (χ3n) is 9.46. The van der Waals surface area contributed by atoms with Crippen molar-refractivity contribution >= 4 is 68.5 Å². The van der Waals surface area contributed by atoms with E-state index >= 15 is 0 Å². The molecule has 50 heavy (non-hydrogen) atoms. The van der Waals surface area contributed by atoms with E-state index in [0.29, 0.717) is 0 Å². The molecule has 0 bridgehead atoms. The van der Waals surface area contributed by atoms with Crippen LogP contribution in [-0.4, -0.2) is 35.7 Å². The standard InChI is InChI=1S/C44H29N5Se/c1-4-12-29(13-5-1)41-46-42(31-21-20-28-23-25-37-40(36(28)26-31)50-44(45-37)30-14-6-2-7-15-30)48-43(47-41)32-22-24-35-34-18-10-11-19-38(34)49(39(35)27-32)33-16-8-3-9-17-33/h1-27,42H,(H,46,47,48). The van der Waals surface area contributed by atoms with Gasteiger partial charge in [0.15, 0.2) is 0 Å². The Labute approximate surface area is 294 Å². The molecule has 0 saturated heterocycles. The zero-order valence-electron chi connectivity index (χ0n) is 26.9. The predicted octanol–water partition coefficient (Wildman–Crippen LogP) is 9.70. The molecule has 236 valence electrons. The fourth-order valence-electron chi connectivity index (χ4n) is 7.05. The number of hydrogen-bond acceptors (Lipinski definition) is 4. The third kappa shape index (κ3) is 4.88. The van der Waals surface area contributed by atoms with Crippen molar-refractivity contribution in [3.8, 4) is 15.8 Å². The number of amidine groups is 2. The van der Waals surface area contributed by atoms with E-state index < -0.39 is 6.17 Å². The second-order valence-electron chi connectivity index (χ2n) is 12.5. The van der Waals surface area contributed by atoms with E-state index in [4.69, 9.17) is 15.0 Å². The summed E-state index contributed by atoms with van der Waals surface area (Å²) in [6, 6.07) is 57.7. The SMILES string of the molecule is c1ccc(C2=NC(c3ccc4ccc5nc(-c6ccccc6)[se]c5c4c3)N=C(c3ccc4c5ccccc5n(-c5ccccc5)c4c3)N2)cc1. The van der Waals surface area contributed by atoms with Crippen LogP contribution in [0, 0.1) is 0 Å². The van der Waals surface area contributed by atoms with Gasteiger partial charge in [0.1, 0.15) is 0 Å². The minimum atomic E-state index is -0.416. The van der Waals surface area contributed by atoms with Crippen LogP contribution in [0.5, 0.6) is 0 Å². The molecule has 0 amide bonds. The molecule has 1 N–H and O–H groups in total. The molecule has 7 aromatic carbocycles. The van der Waals surface area contributed by atoms with Gasteiger partial charge in [-0.05, 0) is 18.2 Å². The Morgan fingerprint density at radius 2 is 1.18 bits per heavy atom. The Morgan fingerprint density at radius 3 is 1.98 bits per heavy atom. The van der Waals surface area contributed by atoms with Crippen LogP contribution < -0.4 is 5.32 Å². The van der Waals surface area contributed by atoms with Gasteiger partial charge < -0.3 is 0 Å². The molecule has 1 aliphatic heterocycles. The van der Waals surface area contributed by atoms with Crippen LogP contribution in [0.3, 0.4) is 0 Å². The average Bonchev–Trinajstić information content (AvgIpc) is 3.78. The number of fused-ring (bicyclic) bond motifs is 6. The zero-order chi connectivity index (χ0) is 33.0. The van der Waals surface area contributed by atoms with E-state index in [1.165, 1.54) is 41.5 Å². The molecule has 10 rings (SSSR count). The van der Waals surface area contributed by atoms with Crippen molar-refractivity contribution in [1.29, 1.82) is 0 Å². The van der Waals surface area contributed by atoms with E-state index in [0.717, 1.165) is 45.1 Å². The molecule has 1 atom stereocenters. The van der Waals surface area contributed by atoms with Gasteiger partial charge in [0.25, 0.3) is 0 Å². The third-order valence-corrected chi connectivity index (χ3v) is 11.9. The number of aromatic nitrogens is 2. The summed E-state index contributed by atoms with van der Waals surface area (Å²) in [6.07, 6.45) is -0.416. The van der Waals surface area contributed by atoms with E-state index in [-0.39, 0.29) is 14.5 Å². The first-order chi connectivity index (χ1) is 24.8. The Kier molecular flexibility index (Phi) is 6.83. The van der Waals surface area contributed by atoms with Crippen LogP contribution in [0.4, 0.5) is 0 Å². The Balaban J connectivity index is 1.13. The van der Waals surface area contributed by atoms with Crippen molar-refractivity contribution in [3.63, 3.8) is 0 Å². The normalized spacial score (nSPS) is 14.6. The minimum absolute atomic E-state index is 0.0997. The molecule has 3 heterocycles. The monoisotopic (exact) mass is 707 g/mol. The fourth-order valence-corrected chi connectivity index (χ4v) is 9.35. The van der Waals surface area contributed by atoms with Crippen molar-refractivity contribution in [1.82, 2.24) is 14.9 Å². The average molecular weight is 707 g/mol. The molecular weight excluding hydrogens is 677 g/mol. The van der Waals surface area contributed by atoms with Gasteiger partial charge in [-0.25, -0.2) is 0 Å². The molecule has 1 aliphatic rings. The molecule has 0 saturated carbocycles. The van der Waals surface area contributed by atoms with E-state index in [2.05, 4.69) is 168 Å². The molecule has 0 aliphatic carbocycles. The number of nitrogens with one attached hydrogen (secondary N) is 1. The number of hydrogen-bond donors (Lipinski definition) is 1. The molecule has 6 heteroatoms. The number of benzene rings is 7. The van der Waals surface area contributed by atoms with Crippen molar-refractivity contribution in [2.75, 3.05) is 0 Å². The first kappa shape index (κ1) is 28.9. The molecule has 0 spiro atoms. The van der Waals surface area contributed by atoms with Crippen LogP contribution in [0.25, 0.3) is 58.2 Å². The van der Waals surface area contributed by atoms with E-state index in [1.807, 2.05) is 6.07 Å². The fraction of sp³-hybridized carbons (Fsp3) is 0.0227. The Morgan fingerprint density at radius 1 is 0.520 bits per heavy atom. The van der Waals surface area contributed by atoms with Gasteiger partial charge in [-0.3, -0.25) is 0 Å².